The van der Waals surface area contributed by atoms with Gasteiger partial charge in [-0.15, -0.1) is 0 Å². The molecule has 3 aromatic rings. The van der Waals surface area contributed by atoms with Crippen molar-refractivity contribution in [3.05, 3.63) is 83.4 Å². The Labute approximate surface area is 213 Å². The van der Waals surface area contributed by atoms with Gasteiger partial charge in [0.1, 0.15) is 18.0 Å². The fourth-order valence-corrected chi connectivity index (χ4v) is 4.25. The number of amides is 1. The van der Waals surface area contributed by atoms with E-state index in [0.717, 1.165) is 17.7 Å². The van der Waals surface area contributed by atoms with Gasteiger partial charge >= 0.3 is 0 Å². The molecule has 1 atom stereocenters. The van der Waals surface area contributed by atoms with E-state index in [1.54, 1.807) is 12.1 Å². The Kier molecular flexibility index (Phi) is 7.82. The molecule has 7 nitrogen and oxygen atoms in total. The summed E-state index contributed by atoms with van der Waals surface area (Å²) in [6.07, 6.45) is -0.0167. The Bertz CT molecular complexity index is 1180. The first-order valence-corrected chi connectivity index (χ1v) is 12.2. The molecule has 190 valence electrons. The van der Waals surface area contributed by atoms with E-state index in [1.165, 1.54) is 5.56 Å². The summed E-state index contributed by atoms with van der Waals surface area (Å²) in [5.74, 6) is 0.706. The third kappa shape index (κ3) is 6.36. The number of β-amino-alcohol motifs (C(OH)–C–C–N with tert-alkyl or cyclic N) is 1. The average Bonchev–Trinajstić information content (AvgIpc) is 2.86. The Hall–Kier alpha value is -3.55. The van der Waals surface area contributed by atoms with Crippen molar-refractivity contribution < 1.29 is 19.4 Å². The summed E-state index contributed by atoms with van der Waals surface area (Å²) in [5.41, 5.74) is 4.22. The first-order valence-electron chi connectivity index (χ1n) is 12.2. The number of ether oxygens (including phenoxy) is 2. The molecule has 1 unspecified atom stereocenters. The number of fused-ring (bicyclic) bond motifs is 1. The van der Waals surface area contributed by atoms with Crippen LogP contribution in [0.1, 0.15) is 36.6 Å². The van der Waals surface area contributed by atoms with Crippen molar-refractivity contribution in [2.24, 2.45) is 0 Å². The van der Waals surface area contributed by atoms with E-state index in [2.05, 4.69) is 53.6 Å². The van der Waals surface area contributed by atoms with E-state index in [4.69, 9.17) is 9.47 Å². The summed E-state index contributed by atoms with van der Waals surface area (Å²) in [6, 6.07) is 21.9. The van der Waals surface area contributed by atoms with Gasteiger partial charge in [-0.05, 0) is 55.7 Å². The number of nitrogens with zero attached hydrogens (tertiary/aromatic N) is 1. The molecule has 1 aliphatic heterocycles. The van der Waals surface area contributed by atoms with Crippen LogP contribution in [0.2, 0.25) is 0 Å². The van der Waals surface area contributed by atoms with Crippen LogP contribution in [0.5, 0.6) is 11.5 Å². The fourth-order valence-electron chi connectivity index (χ4n) is 4.25. The van der Waals surface area contributed by atoms with Crippen LogP contribution in [0.25, 0.3) is 0 Å². The van der Waals surface area contributed by atoms with Crippen LogP contribution in [0.15, 0.2) is 66.7 Å². The molecule has 0 aromatic heterocycles. The Morgan fingerprint density at radius 1 is 1.06 bits per heavy atom. The number of aliphatic hydroxyl groups excluding tert-OH is 1. The largest absolute Gasteiger partial charge is 0.487 e. The van der Waals surface area contributed by atoms with E-state index in [9.17, 15) is 9.90 Å². The maximum Gasteiger partial charge on any atom is 0.262 e. The molecule has 1 amide bonds. The molecule has 7 heteroatoms. The number of rotatable bonds is 10. The second kappa shape index (κ2) is 11.0. The van der Waals surface area contributed by atoms with E-state index in [1.807, 2.05) is 44.4 Å². The minimum atomic E-state index is -0.827. The number of carbonyl (C=O) groups is 1. The normalized spacial score (nSPS) is 13.9. The molecule has 36 heavy (non-hydrogen) atoms. The van der Waals surface area contributed by atoms with Gasteiger partial charge in [0.2, 0.25) is 0 Å². The molecule has 3 N–H and O–H groups in total. The molecule has 0 fully saturated rings. The van der Waals surface area contributed by atoms with Crippen LogP contribution in [-0.2, 0) is 17.8 Å². The second-order valence-electron chi connectivity index (χ2n) is 9.99. The topological polar surface area (TPSA) is 83.1 Å². The van der Waals surface area contributed by atoms with E-state index < -0.39 is 6.10 Å². The van der Waals surface area contributed by atoms with Gasteiger partial charge < -0.3 is 30.1 Å². The van der Waals surface area contributed by atoms with Crippen molar-refractivity contribution in [1.29, 1.82) is 0 Å². The van der Waals surface area contributed by atoms with Gasteiger partial charge in [-0.3, -0.25) is 4.79 Å². The van der Waals surface area contributed by atoms with Gasteiger partial charge in [0.15, 0.2) is 12.4 Å². The van der Waals surface area contributed by atoms with Crippen molar-refractivity contribution in [1.82, 2.24) is 5.32 Å². The summed E-state index contributed by atoms with van der Waals surface area (Å²) >= 11 is 0. The average molecular weight is 490 g/mol. The summed E-state index contributed by atoms with van der Waals surface area (Å²) in [6.45, 7) is 4.82. The van der Waals surface area contributed by atoms with Gasteiger partial charge in [0.25, 0.3) is 5.91 Å². The number of nitrogens with one attached hydrogen (secondary N) is 2. The lowest BCUT2D eigenvalue weighted by atomic mass is 9.94. The minimum Gasteiger partial charge on any atom is -0.487 e. The SMILES string of the molecule is CN(C)c1ccc(CC(C)(C)NCC(O)c2ccc(OCc3ccccc3)c3c2OCC(=O)N3)cc1. The van der Waals surface area contributed by atoms with E-state index >= 15 is 0 Å². The molecule has 0 spiro atoms. The second-order valence-corrected chi connectivity index (χ2v) is 9.99. The number of carbonyl (C=O) groups excluding carboxylic acids is 1. The molecule has 1 heterocycles. The Morgan fingerprint density at radius 2 is 1.78 bits per heavy atom. The molecule has 0 bridgehead atoms. The van der Waals surface area contributed by atoms with Crippen molar-refractivity contribution >= 4 is 17.3 Å². The Balaban J connectivity index is 1.44. The molecule has 4 rings (SSSR count). The highest BCUT2D eigenvalue weighted by molar-refractivity contribution is 5.97. The predicted molar refractivity (Wildman–Crippen MR) is 143 cm³/mol. The summed E-state index contributed by atoms with van der Waals surface area (Å²) in [7, 11) is 4.05. The standard InChI is InChI=1S/C29H35N3O4/c1-29(2,16-20-10-12-22(13-11-20)32(3)4)30-17-24(33)23-14-15-25(27-28(23)36-19-26(34)31-27)35-18-21-8-6-5-7-9-21/h5-15,24,30,33H,16-19H2,1-4H3,(H,31,34). The molecule has 1 aliphatic rings. The van der Waals surface area contributed by atoms with Crippen molar-refractivity contribution in [2.45, 2.75) is 38.5 Å². The summed E-state index contributed by atoms with van der Waals surface area (Å²) < 4.78 is 11.7. The monoisotopic (exact) mass is 489 g/mol. The van der Waals surface area contributed by atoms with E-state index in [0.29, 0.717) is 35.9 Å². The zero-order valence-corrected chi connectivity index (χ0v) is 21.4. The lowest BCUT2D eigenvalue weighted by Crippen LogP contribution is -2.43. The summed E-state index contributed by atoms with van der Waals surface area (Å²) in [4.78, 5) is 14.1. The quantitative estimate of drug-likeness (QED) is 0.394. The number of anilines is 2. The van der Waals surface area contributed by atoms with Crippen LogP contribution >= 0.6 is 0 Å². The highest BCUT2D eigenvalue weighted by Crippen LogP contribution is 2.42. The zero-order chi connectivity index (χ0) is 25.7. The van der Waals surface area contributed by atoms with Gasteiger partial charge in [-0.1, -0.05) is 42.5 Å². The maximum absolute atomic E-state index is 12.1. The molecule has 0 saturated carbocycles. The van der Waals surface area contributed by atoms with Crippen LogP contribution in [0.4, 0.5) is 11.4 Å². The zero-order valence-electron chi connectivity index (χ0n) is 21.4. The van der Waals surface area contributed by atoms with Crippen LogP contribution in [0, 0.1) is 0 Å². The van der Waals surface area contributed by atoms with Gasteiger partial charge in [0, 0.05) is 37.4 Å². The molecule has 0 aliphatic carbocycles. The van der Waals surface area contributed by atoms with Gasteiger partial charge in [0.05, 0.1) is 6.10 Å². The minimum absolute atomic E-state index is 0.100. The van der Waals surface area contributed by atoms with Gasteiger partial charge in [-0.25, -0.2) is 0 Å². The highest BCUT2D eigenvalue weighted by atomic mass is 16.5. The van der Waals surface area contributed by atoms with Crippen molar-refractivity contribution in [3.8, 4) is 11.5 Å². The molecular weight excluding hydrogens is 454 g/mol. The van der Waals surface area contributed by atoms with Crippen LogP contribution < -0.4 is 25.0 Å². The molecule has 0 radical (unpaired) electrons. The molecule has 3 aromatic carbocycles. The number of hydrogen-bond acceptors (Lipinski definition) is 6. The Morgan fingerprint density at radius 3 is 2.47 bits per heavy atom. The van der Waals surface area contributed by atoms with Gasteiger partial charge in [-0.2, -0.15) is 0 Å². The van der Waals surface area contributed by atoms with Crippen molar-refractivity contribution in [3.63, 3.8) is 0 Å². The third-order valence-electron chi connectivity index (χ3n) is 6.23. The third-order valence-corrected chi connectivity index (χ3v) is 6.23. The smallest absolute Gasteiger partial charge is 0.262 e. The van der Waals surface area contributed by atoms with Crippen molar-refractivity contribution in [2.75, 3.05) is 37.5 Å². The number of benzene rings is 3. The summed E-state index contributed by atoms with van der Waals surface area (Å²) in [5, 5.41) is 17.4. The van der Waals surface area contributed by atoms with Crippen LogP contribution in [0.3, 0.4) is 0 Å². The lowest BCUT2D eigenvalue weighted by molar-refractivity contribution is -0.118. The molecule has 0 saturated heterocycles. The maximum atomic E-state index is 12.1. The predicted octanol–water partition coefficient (Wildman–Crippen LogP) is 4.31. The highest BCUT2D eigenvalue weighted by Gasteiger charge is 2.28. The number of aliphatic hydroxyl groups is 1. The molecular formula is C29H35N3O4. The first kappa shape index (κ1) is 25.5. The number of hydrogen-bond donors (Lipinski definition) is 3. The lowest BCUT2D eigenvalue weighted by Gasteiger charge is -2.30. The fraction of sp³-hybridized carbons (Fsp3) is 0.345. The first-order chi connectivity index (χ1) is 17.2. The van der Waals surface area contributed by atoms with E-state index in [-0.39, 0.29) is 18.1 Å². The van der Waals surface area contributed by atoms with Crippen LogP contribution in [-0.4, -0.2) is 43.8 Å².